The molecular formula is C15H31N5. The third kappa shape index (κ3) is 6.01. The van der Waals surface area contributed by atoms with Crippen LogP contribution in [0.25, 0.3) is 0 Å². The summed E-state index contributed by atoms with van der Waals surface area (Å²) in [6.45, 7) is 15.9. The predicted octanol–water partition coefficient (Wildman–Crippen LogP) is 2.14. The maximum absolute atomic E-state index is 4.21. The summed E-state index contributed by atoms with van der Waals surface area (Å²) >= 11 is 0. The molecular weight excluding hydrogens is 250 g/mol. The summed E-state index contributed by atoms with van der Waals surface area (Å²) in [4.78, 5) is 2.37. The largest absolute Gasteiger partial charge is 0.306 e. The molecule has 0 aliphatic carbocycles. The molecule has 0 amide bonds. The standard InChI is InChI=1S/C15H31N5/c1-12(2)13(3)19(7)8-9-20-11-14(17-18-20)10-16-15(4,5)6/h11-13,16H,8-10H2,1-7H3. The molecule has 1 N–H and O–H groups in total. The van der Waals surface area contributed by atoms with Crippen molar-refractivity contribution in [2.24, 2.45) is 5.92 Å². The summed E-state index contributed by atoms with van der Waals surface area (Å²) in [5, 5.41) is 11.8. The van der Waals surface area contributed by atoms with Crippen molar-refractivity contribution in [3.05, 3.63) is 11.9 Å². The van der Waals surface area contributed by atoms with Gasteiger partial charge in [0.15, 0.2) is 0 Å². The highest BCUT2D eigenvalue weighted by Gasteiger charge is 2.13. The Labute approximate surface area is 123 Å². The first-order valence-electron chi connectivity index (χ1n) is 7.53. The van der Waals surface area contributed by atoms with Crippen molar-refractivity contribution in [1.29, 1.82) is 0 Å². The first kappa shape index (κ1) is 17.1. The molecule has 116 valence electrons. The van der Waals surface area contributed by atoms with Crippen molar-refractivity contribution in [3.63, 3.8) is 0 Å². The molecule has 0 radical (unpaired) electrons. The SMILES string of the molecule is CC(C)C(C)N(C)CCn1cc(CNC(C)(C)C)nn1. The summed E-state index contributed by atoms with van der Waals surface area (Å²) in [5.74, 6) is 0.669. The maximum Gasteiger partial charge on any atom is 0.0965 e. The lowest BCUT2D eigenvalue weighted by Crippen LogP contribution is -2.35. The summed E-state index contributed by atoms with van der Waals surface area (Å²) in [6, 6.07) is 0.584. The van der Waals surface area contributed by atoms with E-state index in [-0.39, 0.29) is 5.54 Å². The van der Waals surface area contributed by atoms with Gasteiger partial charge in [0, 0.05) is 30.9 Å². The van der Waals surface area contributed by atoms with Crippen molar-refractivity contribution < 1.29 is 0 Å². The monoisotopic (exact) mass is 281 g/mol. The minimum absolute atomic E-state index is 0.108. The average molecular weight is 281 g/mol. The molecule has 5 heteroatoms. The van der Waals surface area contributed by atoms with Crippen LogP contribution in [0.15, 0.2) is 6.20 Å². The van der Waals surface area contributed by atoms with Gasteiger partial charge in [-0.2, -0.15) is 0 Å². The van der Waals surface area contributed by atoms with Crippen molar-refractivity contribution in [3.8, 4) is 0 Å². The normalized spacial score (nSPS) is 14.2. The van der Waals surface area contributed by atoms with E-state index in [9.17, 15) is 0 Å². The van der Waals surface area contributed by atoms with Gasteiger partial charge in [0.1, 0.15) is 0 Å². The molecule has 1 aromatic rings. The molecule has 1 aromatic heterocycles. The predicted molar refractivity (Wildman–Crippen MR) is 83.5 cm³/mol. The molecule has 5 nitrogen and oxygen atoms in total. The zero-order valence-corrected chi connectivity index (χ0v) is 14.1. The lowest BCUT2D eigenvalue weighted by Gasteiger charge is -2.27. The van der Waals surface area contributed by atoms with Crippen molar-refractivity contribution >= 4 is 0 Å². The van der Waals surface area contributed by atoms with E-state index in [4.69, 9.17) is 0 Å². The Morgan fingerprint density at radius 3 is 2.50 bits per heavy atom. The van der Waals surface area contributed by atoms with Crippen LogP contribution in [0.2, 0.25) is 0 Å². The minimum Gasteiger partial charge on any atom is -0.306 e. The quantitative estimate of drug-likeness (QED) is 0.832. The van der Waals surface area contributed by atoms with Gasteiger partial charge in [-0.1, -0.05) is 19.1 Å². The topological polar surface area (TPSA) is 46.0 Å². The number of hydrogen-bond donors (Lipinski definition) is 1. The smallest absolute Gasteiger partial charge is 0.0965 e. The Kier molecular flexibility index (Phi) is 6.14. The molecule has 20 heavy (non-hydrogen) atoms. The first-order chi connectivity index (χ1) is 9.19. The molecule has 1 atom stereocenters. The number of hydrogen-bond acceptors (Lipinski definition) is 4. The van der Waals surface area contributed by atoms with Crippen LogP contribution in [0, 0.1) is 5.92 Å². The van der Waals surface area contributed by atoms with E-state index in [1.165, 1.54) is 0 Å². The highest BCUT2D eigenvalue weighted by atomic mass is 15.4. The Balaban J connectivity index is 2.41. The van der Waals surface area contributed by atoms with Crippen molar-refractivity contribution in [2.75, 3.05) is 13.6 Å². The van der Waals surface area contributed by atoms with Crippen LogP contribution >= 0.6 is 0 Å². The molecule has 0 bridgehead atoms. The number of aromatic nitrogens is 3. The van der Waals surface area contributed by atoms with Gasteiger partial charge in [0.05, 0.1) is 12.2 Å². The van der Waals surface area contributed by atoms with Gasteiger partial charge in [0.25, 0.3) is 0 Å². The van der Waals surface area contributed by atoms with E-state index < -0.39 is 0 Å². The number of likely N-dealkylation sites (N-methyl/N-ethyl adjacent to an activating group) is 1. The first-order valence-corrected chi connectivity index (χ1v) is 7.53. The zero-order chi connectivity index (χ0) is 15.3. The van der Waals surface area contributed by atoms with Crippen molar-refractivity contribution in [2.45, 2.75) is 66.2 Å². The molecule has 1 unspecified atom stereocenters. The fourth-order valence-electron chi connectivity index (χ4n) is 1.86. The molecule has 1 heterocycles. The second-order valence-corrected chi connectivity index (χ2v) is 7.04. The molecule has 0 aliphatic rings. The number of rotatable bonds is 7. The Morgan fingerprint density at radius 1 is 1.30 bits per heavy atom. The molecule has 0 aliphatic heterocycles. The highest BCUT2D eigenvalue weighted by molar-refractivity contribution is 4.93. The fourth-order valence-corrected chi connectivity index (χ4v) is 1.86. The van der Waals surface area contributed by atoms with Crippen LogP contribution in [-0.4, -0.2) is 45.1 Å². The lowest BCUT2D eigenvalue weighted by molar-refractivity contribution is 0.198. The highest BCUT2D eigenvalue weighted by Crippen LogP contribution is 2.08. The summed E-state index contributed by atoms with van der Waals surface area (Å²) in [6.07, 6.45) is 2.03. The van der Waals surface area contributed by atoms with E-state index in [1.54, 1.807) is 0 Å². The van der Waals surface area contributed by atoms with Gasteiger partial charge >= 0.3 is 0 Å². The maximum atomic E-state index is 4.21. The van der Waals surface area contributed by atoms with E-state index >= 15 is 0 Å². The molecule has 0 saturated carbocycles. The summed E-state index contributed by atoms with van der Waals surface area (Å²) < 4.78 is 1.93. The van der Waals surface area contributed by atoms with E-state index in [0.29, 0.717) is 12.0 Å². The fraction of sp³-hybridized carbons (Fsp3) is 0.867. The van der Waals surface area contributed by atoms with Crippen LogP contribution in [0.3, 0.4) is 0 Å². The van der Waals surface area contributed by atoms with Gasteiger partial charge in [-0.15, -0.1) is 5.10 Å². The van der Waals surface area contributed by atoms with Gasteiger partial charge in [0.2, 0.25) is 0 Å². The number of nitrogens with one attached hydrogen (secondary N) is 1. The van der Waals surface area contributed by atoms with Crippen molar-refractivity contribution in [1.82, 2.24) is 25.2 Å². The summed E-state index contributed by atoms with van der Waals surface area (Å²) in [7, 11) is 2.17. The zero-order valence-electron chi connectivity index (χ0n) is 14.1. The average Bonchev–Trinajstić information content (AvgIpc) is 2.79. The molecule has 0 saturated heterocycles. The second-order valence-electron chi connectivity index (χ2n) is 7.04. The minimum atomic E-state index is 0.108. The molecule has 0 spiro atoms. The van der Waals surface area contributed by atoms with E-state index in [0.717, 1.165) is 25.3 Å². The van der Waals surface area contributed by atoms with Crippen LogP contribution in [0.4, 0.5) is 0 Å². The lowest BCUT2D eigenvalue weighted by atomic mass is 10.1. The van der Waals surface area contributed by atoms with Gasteiger partial charge < -0.3 is 10.2 Å². The number of nitrogens with zero attached hydrogens (tertiary/aromatic N) is 4. The van der Waals surface area contributed by atoms with Crippen LogP contribution in [-0.2, 0) is 13.1 Å². The Morgan fingerprint density at radius 2 is 1.95 bits per heavy atom. The van der Waals surface area contributed by atoms with E-state index in [1.807, 2.05) is 10.9 Å². The van der Waals surface area contributed by atoms with Crippen LogP contribution in [0.5, 0.6) is 0 Å². The second kappa shape index (κ2) is 7.18. The van der Waals surface area contributed by atoms with Crippen LogP contribution < -0.4 is 5.32 Å². The molecule has 0 fully saturated rings. The Hall–Kier alpha value is -0.940. The third-order valence-electron chi connectivity index (χ3n) is 3.73. The summed E-state index contributed by atoms with van der Waals surface area (Å²) in [5.41, 5.74) is 1.11. The van der Waals surface area contributed by atoms with Gasteiger partial charge in [-0.25, -0.2) is 0 Å². The molecule has 1 rings (SSSR count). The van der Waals surface area contributed by atoms with Gasteiger partial charge in [-0.05, 0) is 40.7 Å². The van der Waals surface area contributed by atoms with Crippen LogP contribution in [0.1, 0.15) is 47.2 Å². The third-order valence-corrected chi connectivity index (χ3v) is 3.73. The van der Waals surface area contributed by atoms with Gasteiger partial charge in [-0.3, -0.25) is 4.68 Å². The molecule has 0 aromatic carbocycles. The van der Waals surface area contributed by atoms with E-state index in [2.05, 4.69) is 69.1 Å². The Bertz CT molecular complexity index is 391.